The van der Waals surface area contributed by atoms with Crippen molar-refractivity contribution in [3.05, 3.63) is 0 Å². The molecule has 0 radical (unpaired) electrons. The topological polar surface area (TPSA) is 37.4 Å². The molecule has 0 aromatic heterocycles. The number of hydrogen-bond acceptors (Lipinski definition) is 2. The molecule has 0 bridgehead atoms. The summed E-state index contributed by atoms with van der Waals surface area (Å²) >= 11 is 0. The van der Waals surface area contributed by atoms with E-state index >= 15 is 0 Å². The molecule has 2 aliphatic rings. The van der Waals surface area contributed by atoms with Crippen molar-refractivity contribution in [3.8, 4) is 0 Å². The molecule has 4 heteroatoms. The minimum absolute atomic E-state index is 0.256. The van der Waals surface area contributed by atoms with Crippen LogP contribution in [0, 0.1) is 11.8 Å². The van der Waals surface area contributed by atoms with E-state index in [0.717, 1.165) is 13.1 Å². The first-order valence-corrected chi connectivity index (χ1v) is 7.22. The molecule has 1 saturated heterocycles. The lowest BCUT2D eigenvalue weighted by Crippen LogP contribution is -2.30. The van der Waals surface area contributed by atoms with E-state index in [-0.39, 0.29) is 5.75 Å². The fourth-order valence-electron chi connectivity index (χ4n) is 2.77. The third-order valence-electron chi connectivity index (χ3n) is 3.70. The largest absolute Gasteiger partial charge is 0.213 e. The normalized spacial score (nSPS) is 34.4. The van der Waals surface area contributed by atoms with Gasteiger partial charge in [-0.15, -0.1) is 0 Å². The fraction of sp³-hybridized carbons (Fsp3) is 1.00. The Morgan fingerprint density at radius 3 is 2.07 bits per heavy atom. The first kappa shape index (κ1) is 10.4. The lowest BCUT2D eigenvalue weighted by molar-refractivity contribution is 0.299. The van der Waals surface area contributed by atoms with Crippen molar-refractivity contribution in [2.45, 2.75) is 32.6 Å². The van der Waals surface area contributed by atoms with Crippen LogP contribution in [0.4, 0.5) is 0 Å². The van der Waals surface area contributed by atoms with Gasteiger partial charge in [0.25, 0.3) is 0 Å². The van der Waals surface area contributed by atoms with Gasteiger partial charge >= 0.3 is 0 Å². The van der Waals surface area contributed by atoms with Crippen molar-refractivity contribution < 1.29 is 8.42 Å². The highest BCUT2D eigenvalue weighted by atomic mass is 32.2. The molecule has 82 valence electrons. The van der Waals surface area contributed by atoms with E-state index in [2.05, 4.69) is 0 Å². The molecule has 0 aromatic rings. The van der Waals surface area contributed by atoms with Crippen molar-refractivity contribution in [3.63, 3.8) is 0 Å². The van der Waals surface area contributed by atoms with Gasteiger partial charge in [-0.3, -0.25) is 0 Å². The first-order chi connectivity index (χ1) is 6.63. The van der Waals surface area contributed by atoms with Crippen LogP contribution in [0.25, 0.3) is 0 Å². The molecule has 2 atom stereocenters. The SMILES string of the molecule is CCS(=O)(=O)N1CC2CCCCC2C1. The second-order valence-electron chi connectivity index (χ2n) is 4.52. The van der Waals surface area contributed by atoms with Crippen LogP contribution in [0.1, 0.15) is 32.6 Å². The molecule has 0 amide bonds. The third-order valence-corrected chi connectivity index (χ3v) is 5.52. The molecule has 0 N–H and O–H groups in total. The van der Waals surface area contributed by atoms with E-state index < -0.39 is 10.0 Å². The Balaban J connectivity index is 2.06. The molecule has 0 aromatic carbocycles. The number of fused-ring (bicyclic) bond motifs is 1. The van der Waals surface area contributed by atoms with E-state index in [9.17, 15) is 8.42 Å². The zero-order valence-corrected chi connectivity index (χ0v) is 9.59. The molecule has 2 unspecified atom stereocenters. The maximum absolute atomic E-state index is 11.7. The Kier molecular flexibility index (Phi) is 2.84. The second-order valence-corrected chi connectivity index (χ2v) is 6.78. The molecule has 14 heavy (non-hydrogen) atoms. The summed E-state index contributed by atoms with van der Waals surface area (Å²) in [7, 11) is -2.92. The minimum Gasteiger partial charge on any atom is -0.212 e. The van der Waals surface area contributed by atoms with Crippen LogP contribution in [-0.4, -0.2) is 31.6 Å². The summed E-state index contributed by atoms with van der Waals surface area (Å²) in [5.41, 5.74) is 0. The third kappa shape index (κ3) is 1.82. The van der Waals surface area contributed by atoms with Gasteiger partial charge < -0.3 is 0 Å². The summed E-state index contributed by atoms with van der Waals surface area (Å²) in [6.45, 7) is 3.32. The van der Waals surface area contributed by atoms with E-state index in [4.69, 9.17) is 0 Å². The zero-order chi connectivity index (χ0) is 10.2. The highest BCUT2D eigenvalue weighted by molar-refractivity contribution is 7.89. The summed E-state index contributed by atoms with van der Waals surface area (Å²) in [5, 5.41) is 0. The molecule has 1 saturated carbocycles. The quantitative estimate of drug-likeness (QED) is 0.702. The highest BCUT2D eigenvalue weighted by Crippen LogP contribution is 2.36. The van der Waals surface area contributed by atoms with Crippen LogP contribution in [-0.2, 0) is 10.0 Å². The Hall–Kier alpha value is -0.0900. The summed E-state index contributed by atoms with van der Waals surface area (Å²) in [4.78, 5) is 0. The minimum atomic E-state index is -2.92. The van der Waals surface area contributed by atoms with Gasteiger partial charge in [-0.1, -0.05) is 12.8 Å². The van der Waals surface area contributed by atoms with Crippen molar-refractivity contribution in [2.24, 2.45) is 11.8 Å². The predicted molar refractivity (Wildman–Crippen MR) is 56.5 cm³/mol. The lowest BCUT2D eigenvalue weighted by Gasteiger charge is -2.22. The molecule has 1 heterocycles. The highest BCUT2D eigenvalue weighted by Gasteiger charge is 2.38. The number of hydrogen-bond donors (Lipinski definition) is 0. The van der Waals surface area contributed by atoms with E-state index in [1.807, 2.05) is 0 Å². The van der Waals surface area contributed by atoms with E-state index in [1.165, 1.54) is 25.7 Å². The molecule has 2 rings (SSSR count). The van der Waals surface area contributed by atoms with Gasteiger partial charge in [-0.25, -0.2) is 12.7 Å². The maximum Gasteiger partial charge on any atom is 0.213 e. The summed E-state index contributed by atoms with van der Waals surface area (Å²) in [5.74, 6) is 1.57. The van der Waals surface area contributed by atoms with Gasteiger partial charge in [0, 0.05) is 13.1 Å². The number of rotatable bonds is 2. The van der Waals surface area contributed by atoms with Gasteiger partial charge in [0.1, 0.15) is 0 Å². The summed E-state index contributed by atoms with van der Waals surface area (Å²) < 4.78 is 25.1. The summed E-state index contributed by atoms with van der Waals surface area (Å²) in [6, 6.07) is 0. The van der Waals surface area contributed by atoms with Crippen LogP contribution in [0.2, 0.25) is 0 Å². The van der Waals surface area contributed by atoms with Crippen molar-refractivity contribution in [1.29, 1.82) is 0 Å². The van der Waals surface area contributed by atoms with Crippen LogP contribution in [0.3, 0.4) is 0 Å². The average molecular weight is 217 g/mol. The van der Waals surface area contributed by atoms with Crippen LogP contribution in [0.15, 0.2) is 0 Å². The van der Waals surface area contributed by atoms with Gasteiger partial charge in [0.15, 0.2) is 0 Å². The monoisotopic (exact) mass is 217 g/mol. The predicted octanol–water partition coefficient (Wildman–Crippen LogP) is 1.46. The second kappa shape index (κ2) is 3.81. The average Bonchev–Trinajstić information content (AvgIpc) is 2.61. The molecule has 3 nitrogen and oxygen atoms in total. The smallest absolute Gasteiger partial charge is 0.212 e. The van der Waals surface area contributed by atoms with Crippen molar-refractivity contribution in [2.75, 3.05) is 18.8 Å². The lowest BCUT2D eigenvalue weighted by atomic mass is 9.82. The Morgan fingerprint density at radius 2 is 1.64 bits per heavy atom. The number of sulfonamides is 1. The molecular formula is C10H19NO2S. The van der Waals surface area contributed by atoms with Gasteiger partial charge in [-0.2, -0.15) is 0 Å². The molecule has 1 aliphatic heterocycles. The maximum atomic E-state index is 11.7. The Morgan fingerprint density at radius 1 is 1.14 bits per heavy atom. The fourth-order valence-corrected chi connectivity index (χ4v) is 3.97. The van der Waals surface area contributed by atoms with Crippen LogP contribution < -0.4 is 0 Å². The van der Waals surface area contributed by atoms with Gasteiger partial charge in [0.05, 0.1) is 5.75 Å². The summed E-state index contributed by atoms with van der Waals surface area (Å²) in [6.07, 6.45) is 5.06. The van der Waals surface area contributed by atoms with Crippen molar-refractivity contribution in [1.82, 2.24) is 4.31 Å². The zero-order valence-electron chi connectivity index (χ0n) is 8.78. The standard InChI is InChI=1S/C10H19NO2S/c1-2-14(12,13)11-7-9-5-3-4-6-10(9)8-11/h9-10H,2-8H2,1H3. The molecular weight excluding hydrogens is 198 g/mol. The van der Waals surface area contributed by atoms with E-state index in [0.29, 0.717) is 11.8 Å². The molecule has 0 spiro atoms. The Labute approximate surface area is 86.5 Å². The Bertz CT molecular complexity index is 285. The molecule has 2 fully saturated rings. The van der Waals surface area contributed by atoms with E-state index in [1.54, 1.807) is 11.2 Å². The molecule has 1 aliphatic carbocycles. The van der Waals surface area contributed by atoms with Crippen LogP contribution in [0.5, 0.6) is 0 Å². The first-order valence-electron chi connectivity index (χ1n) is 5.61. The van der Waals surface area contributed by atoms with Gasteiger partial charge in [0.2, 0.25) is 10.0 Å². The van der Waals surface area contributed by atoms with Crippen molar-refractivity contribution >= 4 is 10.0 Å². The van der Waals surface area contributed by atoms with Crippen LogP contribution >= 0.6 is 0 Å². The van der Waals surface area contributed by atoms with Gasteiger partial charge in [-0.05, 0) is 31.6 Å². The number of nitrogens with zero attached hydrogens (tertiary/aromatic N) is 1.